The fourth-order valence-electron chi connectivity index (χ4n) is 2.86. The zero-order valence-corrected chi connectivity index (χ0v) is 15.5. The Bertz CT molecular complexity index is 953. The second-order valence-corrected chi connectivity index (χ2v) is 7.27. The molecule has 0 bridgehead atoms. The van der Waals surface area contributed by atoms with Crippen LogP contribution in [0.25, 0.3) is 0 Å². The molecular formula is C19H18N4O3S. The van der Waals surface area contributed by atoms with Gasteiger partial charge >= 0.3 is 6.03 Å². The number of hydrogen-bond donors (Lipinski definition) is 1. The molecule has 1 aliphatic heterocycles. The summed E-state index contributed by atoms with van der Waals surface area (Å²) in [4.78, 5) is 33.4. The Morgan fingerprint density at radius 2 is 2.11 bits per heavy atom. The van der Waals surface area contributed by atoms with E-state index in [1.54, 1.807) is 30.3 Å². The summed E-state index contributed by atoms with van der Waals surface area (Å²) in [5.41, 5.74) is 1.52. The SMILES string of the molecule is CN(C(=O)NCc1ccco1)c1nc2c(s1)CN(Cc1ccccc1)C2=O. The molecule has 3 amide bonds. The molecule has 2 aromatic heterocycles. The molecule has 0 saturated carbocycles. The average Bonchev–Trinajstić information content (AvgIpc) is 3.40. The van der Waals surface area contributed by atoms with Crippen molar-refractivity contribution >= 4 is 28.4 Å². The largest absolute Gasteiger partial charge is 0.467 e. The highest BCUT2D eigenvalue weighted by Crippen LogP contribution is 2.33. The predicted octanol–water partition coefficient (Wildman–Crippen LogP) is 3.24. The Labute approximate surface area is 160 Å². The first-order valence-electron chi connectivity index (χ1n) is 8.48. The van der Waals surface area contributed by atoms with Gasteiger partial charge in [-0.15, -0.1) is 0 Å². The summed E-state index contributed by atoms with van der Waals surface area (Å²) >= 11 is 1.37. The Morgan fingerprint density at radius 1 is 1.30 bits per heavy atom. The van der Waals surface area contributed by atoms with Crippen molar-refractivity contribution in [2.24, 2.45) is 0 Å². The third-order valence-electron chi connectivity index (χ3n) is 4.31. The molecule has 0 saturated heterocycles. The lowest BCUT2D eigenvalue weighted by atomic mass is 10.2. The minimum Gasteiger partial charge on any atom is -0.467 e. The molecule has 0 aliphatic carbocycles. The van der Waals surface area contributed by atoms with Crippen molar-refractivity contribution in [2.75, 3.05) is 11.9 Å². The second-order valence-electron chi connectivity index (χ2n) is 6.21. The van der Waals surface area contributed by atoms with E-state index in [1.165, 1.54) is 16.2 Å². The van der Waals surface area contributed by atoms with Crippen molar-refractivity contribution in [3.8, 4) is 0 Å². The van der Waals surface area contributed by atoms with Crippen LogP contribution in [-0.2, 0) is 19.6 Å². The van der Waals surface area contributed by atoms with E-state index in [4.69, 9.17) is 4.42 Å². The van der Waals surface area contributed by atoms with Crippen LogP contribution in [0.5, 0.6) is 0 Å². The molecule has 138 valence electrons. The number of benzene rings is 1. The van der Waals surface area contributed by atoms with E-state index in [0.717, 1.165) is 10.4 Å². The summed E-state index contributed by atoms with van der Waals surface area (Å²) in [5.74, 6) is 0.575. The first kappa shape index (κ1) is 17.3. The lowest BCUT2D eigenvalue weighted by Crippen LogP contribution is -2.36. The smallest absolute Gasteiger partial charge is 0.323 e. The number of urea groups is 1. The van der Waals surface area contributed by atoms with Gasteiger partial charge in [-0.2, -0.15) is 0 Å². The number of hydrogen-bond acceptors (Lipinski definition) is 5. The standard InChI is InChI=1S/C19H18N4O3S/c1-22(18(25)20-10-14-8-5-9-26-14)19-21-16-15(27-19)12-23(17(16)24)11-13-6-3-2-4-7-13/h2-9H,10-12H2,1H3,(H,20,25). The quantitative estimate of drug-likeness (QED) is 0.735. The van der Waals surface area contributed by atoms with Crippen molar-refractivity contribution in [2.45, 2.75) is 19.6 Å². The summed E-state index contributed by atoms with van der Waals surface area (Å²) in [6, 6.07) is 13.1. The number of aromatic nitrogens is 1. The molecule has 0 radical (unpaired) electrons. The van der Waals surface area contributed by atoms with Gasteiger partial charge in [0.05, 0.1) is 24.2 Å². The predicted molar refractivity (Wildman–Crippen MR) is 101 cm³/mol. The lowest BCUT2D eigenvalue weighted by molar-refractivity contribution is 0.0762. The average molecular weight is 382 g/mol. The summed E-state index contributed by atoms with van der Waals surface area (Å²) in [5, 5.41) is 3.27. The summed E-state index contributed by atoms with van der Waals surface area (Å²) in [6.45, 7) is 1.37. The molecular weight excluding hydrogens is 364 g/mol. The highest BCUT2D eigenvalue weighted by Gasteiger charge is 2.33. The zero-order chi connectivity index (χ0) is 18.8. The van der Waals surface area contributed by atoms with Crippen LogP contribution in [0.1, 0.15) is 26.7 Å². The lowest BCUT2D eigenvalue weighted by Gasteiger charge is -2.17. The second kappa shape index (κ2) is 7.24. The zero-order valence-electron chi connectivity index (χ0n) is 14.7. The number of amides is 3. The summed E-state index contributed by atoms with van der Waals surface area (Å²) in [7, 11) is 1.64. The maximum absolute atomic E-state index is 12.6. The van der Waals surface area contributed by atoms with Crippen molar-refractivity contribution < 1.29 is 14.0 Å². The van der Waals surface area contributed by atoms with Crippen molar-refractivity contribution in [1.29, 1.82) is 0 Å². The van der Waals surface area contributed by atoms with E-state index >= 15 is 0 Å². The van der Waals surface area contributed by atoms with Gasteiger partial charge in [-0.25, -0.2) is 9.78 Å². The van der Waals surface area contributed by atoms with Gasteiger partial charge in [0.25, 0.3) is 5.91 Å². The Balaban J connectivity index is 1.40. The normalized spacial score (nSPS) is 12.9. The van der Waals surface area contributed by atoms with Crippen molar-refractivity contribution in [1.82, 2.24) is 15.2 Å². The maximum atomic E-state index is 12.6. The van der Waals surface area contributed by atoms with E-state index in [0.29, 0.717) is 36.2 Å². The molecule has 0 atom stereocenters. The Kier molecular flexibility index (Phi) is 4.64. The topological polar surface area (TPSA) is 78.7 Å². The van der Waals surface area contributed by atoms with Crippen molar-refractivity contribution in [3.05, 3.63) is 70.6 Å². The number of nitrogens with one attached hydrogen (secondary N) is 1. The van der Waals surface area contributed by atoms with Gasteiger partial charge in [0.2, 0.25) is 0 Å². The van der Waals surface area contributed by atoms with Gasteiger partial charge < -0.3 is 14.6 Å². The van der Waals surface area contributed by atoms with Gasteiger partial charge in [-0.05, 0) is 17.7 Å². The molecule has 0 spiro atoms. The molecule has 1 aromatic carbocycles. The number of thiazole rings is 1. The molecule has 4 rings (SSSR count). The van der Waals surface area contributed by atoms with Gasteiger partial charge in [0, 0.05) is 13.6 Å². The minimum absolute atomic E-state index is 0.0965. The number of carbonyl (C=O) groups excluding carboxylic acids is 2. The van der Waals surface area contributed by atoms with Crippen LogP contribution in [-0.4, -0.2) is 28.9 Å². The molecule has 3 heterocycles. The number of fused-ring (bicyclic) bond motifs is 1. The molecule has 3 aromatic rings. The number of furan rings is 1. The van der Waals surface area contributed by atoms with Crippen LogP contribution in [0.3, 0.4) is 0 Å². The Hall–Kier alpha value is -3.13. The summed E-state index contributed by atoms with van der Waals surface area (Å²) in [6.07, 6.45) is 1.56. The fraction of sp³-hybridized carbons (Fsp3) is 0.211. The van der Waals surface area contributed by atoms with Crippen LogP contribution in [0.15, 0.2) is 53.1 Å². The summed E-state index contributed by atoms with van der Waals surface area (Å²) < 4.78 is 5.20. The molecule has 0 unspecified atom stereocenters. The monoisotopic (exact) mass is 382 g/mol. The van der Waals surface area contributed by atoms with Crippen LogP contribution >= 0.6 is 11.3 Å². The molecule has 1 aliphatic rings. The molecule has 8 heteroatoms. The van der Waals surface area contributed by atoms with Crippen molar-refractivity contribution in [3.63, 3.8) is 0 Å². The minimum atomic E-state index is -0.299. The molecule has 27 heavy (non-hydrogen) atoms. The third-order valence-corrected chi connectivity index (χ3v) is 5.43. The number of nitrogens with zero attached hydrogens (tertiary/aromatic N) is 3. The molecule has 1 N–H and O–H groups in total. The van der Waals surface area contributed by atoms with Crippen LogP contribution < -0.4 is 10.2 Å². The van der Waals surface area contributed by atoms with E-state index in [1.807, 2.05) is 30.3 Å². The van der Waals surface area contributed by atoms with Gasteiger partial charge in [0.15, 0.2) is 5.13 Å². The van der Waals surface area contributed by atoms with Crippen LogP contribution in [0.4, 0.5) is 9.93 Å². The highest BCUT2D eigenvalue weighted by atomic mass is 32.1. The fourth-order valence-corrected chi connectivity index (χ4v) is 3.89. The molecule has 7 nitrogen and oxygen atoms in total. The Morgan fingerprint density at radius 3 is 2.81 bits per heavy atom. The van der Waals surface area contributed by atoms with Gasteiger partial charge in [-0.3, -0.25) is 9.69 Å². The van der Waals surface area contributed by atoms with Gasteiger partial charge in [-0.1, -0.05) is 41.7 Å². The van der Waals surface area contributed by atoms with E-state index < -0.39 is 0 Å². The number of carbonyl (C=O) groups is 2. The first-order chi connectivity index (χ1) is 13.1. The highest BCUT2D eigenvalue weighted by molar-refractivity contribution is 7.16. The van der Waals surface area contributed by atoms with Crippen LogP contribution in [0.2, 0.25) is 0 Å². The third kappa shape index (κ3) is 3.56. The maximum Gasteiger partial charge on any atom is 0.323 e. The van der Waals surface area contributed by atoms with E-state index in [9.17, 15) is 9.59 Å². The van der Waals surface area contributed by atoms with E-state index in [-0.39, 0.29) is 11.9 Å². The number of rotatable bonds is 5. The van der Waals surface area contributed by atoms with Gasteiger partial charge in [0.1, 0.15) is 11.5 Å². The number of anilines is 1. The van der Waals surface area contributed by atoms with E-state index in [2.05, 4.69) is 10.3 Å². The first-order valence-corrected chi connectivity index (χ1v) is 9.30. The molecule has 0 fully saturated rings. The van der Waals surface area contributed by atoms with Crippen LogP contribution in [0, 0.1) is 0 Å².